The van der Waals surface area contributed by atoms with Gasteiger partial charge in [0.15, 0.2) is 62.8 Å². The van der Waals surface area contributed by atoms with Gasteiger partial charge in [0.25, 0.3) is 0 Å². The first-order valence-electron chi connectivity index (χ1n) is 36.3. The van der Waals surface area contributed by atoms with Gasteiger partial charge in [-0.15, -0.1) is 0 Å². The van der Waals surface area contributed by atoms with Crippen LogP contribution in [0.25, 0.3) is 0 Å². The molecule has 9 saturated heterocycles. The highest BCUT2D eigenvalue weighted by atomic mass is 79.9. The van der Waals surface area contributed by atoms with Gasteiger partial charge >= 0.3 is 0 Å². The van der Waals surface area contributed by atoms with Crippen molar-refractivity contribution in [2.75, 3.05) is 58.2 Å². The van der Waals surface area contributed by atoms with Crippen LogP contribution in [0.5, 0.6) is 0 Å². The van der Waals surface area contributed by atoms with E-state index >= 15 is 0 Å². The van der Waals surface area contributed by atoms with Crippen molar-refractivity contribution in [1.82, 2.24) is 26.6 Å². The Morgan fingerprint density at radius 1 is 0.243 bits per heavy atom. The largest absolute Gasteiger partial charge is 0.394 e. The molecule has 19 unspecified atom stereocenters. The molecule has 9 aliphatic rings. The van der Waals surface area contributed by atoms with Crippen LogP contribution in [0.15, 0.2) is 0 Å². The lowest BCUT2D eigenvalue weighted by molar-refractivity contribution is -0.433. The molecular weight excluding hydrogens is 1640 g/mol. The molecule has 52 heteroatoms. The van der Waals surface area contributed by atoms with E-state index in [9.17, 15) is 147 Å². The quantitative estimate of drug-likeness (QED) is 0.0297. The summed E-state index contributed by atoms with van der Waals surface area (Å²) < 4.78 is 101. The van der Waals surface area contributed by atoms with E-state index in [-0.39, 0.29) is 5.33 Å². The summed E-state index contributed by atoms with van der Waals surface area (Å²) in [7, 11) is 0. The van der Waals surface area contributed by atoms with Crippen molar-refractivity contribution in [2.24, 2.45) is 0 Å². The minimum atomic E-state index is -2.71. The highest BCUT2D eigenvalue weighted by molar-refractivity contribution is 9.09. The zero-order chi connectivity index (χ0) is 84.8. The van der Waals surface area contributed by atoms with E-state index in [1.54, 1.807) is 0 Å². The van der Waals surface area contributed by atoms with Gasteiger partial charge in [0.1, 0.15) is 213 Å². The van der Waals surface area contributed by atoms with Crippen molar-refractivity contribution >= 4 is 45.5 Å². The van der Waals surface area contributed by atoms with Crippen LogP contribution < -0.4 is 26.6 Å². The first-order valence-corrected chi connectivity index (χ1v) is 37.4. The monoisotopic (exact) mass is 1750 g/mol. The molecule has 0 saturated carbocycles. The maximum Gasteiger partial charge on any atom is 0.232 e. The first-order chi connectivity index (χ1) is 54.4. The van der Waals surface area contributed by atoms with E-state index in [2.05, 4.69) is 42.5 Å². The van der Waals surface area contributed by atoms with Crippen molar-refractivity contribution in [2.45, 2.75) is 304 Å². The summed E-state index contributed by atoms with van der Waals surface area (Å²) in [5.41, 5.74) is 0. The summed E-state index contributed by atoms with van der Waals surface area (Å²) >= 11 is 2.97. The molecule has 9 aliphatic heterocycles. The van der Waals surface area contributed by atoms with Gasteiger partial charge in [-0.1, -0.05) is 15.9 Å². The van der Waals surface area contributed by atoms with Crippen LogP contribution in [0.4, 0.5) is 0 Å². The number of carbonyl (C=O) groups excluding carboxylic acids is 5. The fraction of sp³-hybridized carbons (Fsp3) is 0.921. The minimum Gasteiger partial charge on any atom is -0.394 e. The van der Waals surface area contributed by atoms with Crippen LogP contribution in [0.2, 0.25) is 0 Å². The predicted molar refractivity (Wildman–Crippen MR) is 358 cm³/mol. The summed E-state index contributed by atoms with van der Waals surface area (Å²) in [4.78, 5) is 64.1. The number of ether oxygens (including phenoxy) is 17. The van der Waals surface area contributed by atoms with Crippen LogP contribution in [-0.4, -0.2) is 487 Å². The van der Waals surface area contributed by atoms with Gasteiger partial charge < -0.3 is 230 Å². The average molecular weight is 1750 g/mol. The molecule has 51 nitrogen and oxygen atoms in total. The minimum absolute atomic E-state index is 0.307. The van der Waals surface area contributed by atoms with Crippen LogP contribution in [0.3, 0.4) is 0 Å². The van der Waals surface area contributed by atoms with Gasteiger partial charge in [0.2, 0.25) is 29.5 Å². The predicted octanol–water partition coefficient (Wildman–Crippen LogP) is -19.6. The number of rotatable bonds is 30. The van der Waals surface area contributed by atoms with Gasteiger partial charge in [-0.05, 0) is 0 Å². The molecule has 0 aliphatic carbocycles. The van der Waals surface area contributed by atoms with Crippen molar-refractivity contribution in [1.29, 1.82) is 0 Å². The second kappa shape index (κ2) is 41.8. The van der Waals surface area contributed by atoms with Crippen LogP contribution >= 0.6 is 15.9 Å². The lowest BCUT2D eigenvalue weighted by atomic mass is 9.93. The number of hydrogen-bond donors (Lipinski definition) is 29. The van der Waals surface area contributed by atoms with E-state index in [4.69, 9.17) is 80.5 Å². The van der Waals surface area contributed by atoms with Gasteiger partial charge in [-0.2, -0.15) is 0 Å². The number of carbonyl (C=O) groups is 5. The Morgan fingerprint density at radius 3 is 0.809 bits per heavy atom. The number of nitrogens with one attached hydrogen (secondary N) is 5. The Kier molecular flexibility index (Phi) is 34.6. The normalized spacial score (nSPS) is 47.9. The van der Waals surface area contributed by atoms with Crippen molar-refractivity contribution < 1.29 is 227 Å². The molecule has 0 bridgehead atoms. The molecule has 29 N–H and O–H groups in total. The molecule has 5 amide bonds. The molecule has 115 heavy (non-hydrogen) atoms. The van der Waals surface area contributed by atoms with E-state index in [0.717, 1.165) is 27.7 Å². The fourth-order valence-electron chi connectivity index (χ4n) is 14.6. The van der Waals surface area contributed by atoms with Crippen LogP contribution in [0, 0.1) is 0 Å². The lowest BCUT2D eigenvalue weighted by Gasteiger charge is -2.52. The zero-order valence-corrected chi connectivity index (χ0v) is 63.0. The molecule has 664 valence electrons. The van der Waals surface area contributed by atoms with Gasteiger partial charge in [-0.3, -0.25) is 24.0 Å². The highest BCUT2D eigenvalue weighted by Crippen LogP contribution is 2.41. The molecule has 9 rings (SSSR count). The third-order valence-corrected chi connectivity index (χ3v) is 21.0. The summed E-state index contributed by atoms with van der Waals surface area (Å²) in [6.07, 6.45) is -87.9. The second-order valence-corrected chi connectivity index (χ2v) is 29.1. The molecule has 45 atom stereocenters. The maximum atomic E-state index is 13.1. The Balaban J connectivity index is 1.08. The van der Waals surface area contributed by atoms with Gasteiger partial charge in [-0.25, -0.2) is 0 Å². The van der Waals surface area contributed by atoms with Gasteiger partial charge in [0.05, 0.1) is 58.2 Å². The third-order valence-electron chi connectivity index (χ3n) is 20.5. The van der Waals surface area contributed by atoms with E-state index in [0.29, 0.717) is 0 Å². The summed E-state index contributed by atoms with van der Waals surface area (Å²) in [5.74, 6) is -4.42. The number of amides is 5. The number of alkyl halides is 1. The molecule has 0 radical (unpaired) electrons. The average Bonchev–Trinajstić information content (AvgIpc) is 0.764. The number of aliphatic hydroxyl groups excluding tert-OH is 24. The lowest BCUT2D eigenvalue weighted by Crippen LogP contribution is -2.72. The summed E-state index contributed by atoms with van der Waals surface area (Å²) in [6, 6.07) is -7.51. The summed E-state index contributed by atoms with van der Waals surface area (Å²) in [6.45, 7) is -5.12. The van der Waals surface area contributed by atoms with Gasteiger partial charge in [0, 0.05) is 27.7 Å². The second-order valence-electron chi connectivity index (χ2n) is 28.5. The van der Waals surface area contributed by atoms with E-state index in [1.807, 2.05) is 0 Å². The Hall–Kier alpha value is -3.81. The molecule has 0 aromatic heterocycles. The Morgan fingerprint density at radius 2 is 0.487 bits per heavy atom. The molecule has 9 fully saturated rings. The molecule has 0 spiro atoms. The van der Waals surface area contributed by atoms with Crippen molar-refractivity contribution in [3.05, 3.63) is 0 Å². The summed E-state index contributed by atoms with van der Waals surface area (Å²) in [5, 5.41) is 280. The van der Waals surface area contributed by atoms with Crippen LogP contribution in [0.1, 0.15) is 27.7 Å². The highest BCUT2D eigenvalue weighted by Gasteiger charge is 2.62. The third kappa shape index (κ3) is 21.3. The fourth-order valence-corrected chi connectivity index (χ4v) is 14.8. The topological polar surface area (TPSA) is 788 Å². The number of aliphatic hydroxyl groups is 24. The van der Waals surface area contributed by atoms with Crippen molar-refractivity contribution in [3.8, 4) is 0 Å². The molecular formula is C63H104BrN5O46. The molecule has 9 heterocycles. The SMILES string of the molecule is CC(=O)NC1C(O)[C@H](O[C@@H]2OC(CO)[C@H](O)[C@H](O)C2O)[C@@H](CO)O[C@@H]1OC1[C@H](OC2O[C@@H](O[C@H]3C(CO)O[C@@H](O[C@H]4C(CO)O[C@@H](NC(=O)CBr)C(NC(C)=O)[C@H]4O)C(NC(C)=O)[C@H]3O)C(O)[C@@H](O[C@@H]3OC(CO)[C@H](O)C(O)C3O[C@@H]3OC(CO)[C@H](O[C@@H]4OC(CO)[C@H](O)[C@H](O)C4O)[C@H](O)C3NC(C)=O)[C@H]2O)OC(CO)[C@H](O)[C@@H]1O. The molecule has 0 aromatic rings. The molecule has 0 aromatic carbocycles. The Labute approximate surface area is 659 Å². The van der Waals surface area contributed by atoms with Crippen LogP contribution in [-0.2, 0) is 104 Å². The smallest absolute Gasteiger partial charge is 0.232 e. The Bertz CT molecular complexity index is 3110. The van der Waals surface area contributed by atoms with E-state index < -0.39 is 359 Å². The first kappa shape index (κ1) is 95.0. The standard InChI is InChI=1S/C63H104BrN5O46/c1-14(78)65-27-35(87)47(22(10-74)99-54(27)69-26(82)5-64)107-55-28(66-15(2)79)36(88)50(25(13-77)104-55)110-60-45(97)51(111-62-52(41(93)33(85)20(8-72)102-62)112-56-29(67-16(3)80)37(89)48(23(11-75)105-56)108-58-43(95)39(91)31(83)18(6-70)100-58)46(98)61(114-60)115-63-53(42(94)34(86)21(9-73)103-63)113-57-30(68-17(4)81)38(90)49(24(12-76)106-57)109-59-44(96)40(92)32(84)19(7-71)101-59/h18-25,27-63,70-77,83-98H,5-13H2,1-4H3,(H,65,78)(H,66,79)(H,67,80)(H,68,81)(H,69,82)/t18?,19?,20?,21?,22?,23?,24-,25?,27?,28?,29?,30?,31+,32+,33+,34+,35-,36-,37-,38?,39+,40+,41?,42+,43?,44?,45?,46-,47+,48+,49-,50+,51-,52?,53?,54-,55+,56+,57-,58+,59+,60-,61?,62+,63+/m1/s1. The maximum absolute atomic E-state index is 13.1. The zero-order valence-electron chi connectivity index (χ0n) is 61.4. The number of hydrogen-bond acceptors (Lipinski definition) is 46. The van der Waals surface area contributed by atoms with Crippen molar-refractivity contribution in [3.63, 3.8) is 0 Å². The van der Waals surface area contributed by atoms with E-state index in [1.165, 1.54) is 0 Å². The number of halogens is 1.